The van der Waals surface area contributed by atoms with E-state index in [4.69, 9.17) is 9.47 Å². The Morgan fingerprint density at radius 2 is 1.29 bits per heavy atom. The molecule has 0 aliphatic carbocycles. The van der Waals surface area contributed by atoms with E-state index in [9.17, 15) is 0 Å². The summed E-state index contributed by atoms with van der Waals surface area (Å²) >= 11 is 0. The Kier molecular flexibility index (Phi) is 10.1. The van der Waals surface area contributed by atoms with Crippen molar-refractivity contribution >= 4 is 32.4 Å². The van der Waals surface area contributed by atoms with E-state index in [2.05, 4.69) is 125 Å². The largest absolute Gasteiger partial charge is 0.467 e. The van der Waals surface area contributed by atoms with E-state index < -0.39 is 7.92 Å². The molecular formula is C34H40O2P2. The zero-order valence-electron chi connectivity index (χ0n) is 23.3. The molecule has 1 atom stereocenters. The third-order valence-corrected chi connectivity index (χ3v) is 12.4. The van der Waals surface area contributed by atoms with Gasteiger partial charge in [0.15, 0.2) is 6.79 Å². The van der Waals surface area contributed by atoms with Crippen molar-refractivity contribution in [2.45, 2.75) is 51.9 Å². The van der Waals surface area contributed by atoms with Crippen molar-refractivity contribution in [1.29, 1.82) is 0 Å². The molecule has 0 saturated carbocycles. The zero-order valence-corrected chi connectivity index (χ0v) is 25.2. The van der Waals surface area contributed by atoms with Crippen molar-refractivity contribution < 1.29 is 9.47 Å². The van der Waals surface area contributed by atoms with Gasteiger partial charge in [-0.1, -0.05) is 119 Å². The van der Waals surface area contributed by atoms with Crippen LogP contribution in [0, 0.1) is 13.8 Å². The summed E-state index contributed by atoms with van der Waals surface area (Å²) in [5.74, 6) is 0.983. The van der Waals surface area contributed by atoms with E-state index in [0.29, 0.717) is 8.58 Å². The Morgan fingerprint density at radius 1 is 0.711 bits per heavy atom. The van der Waals surface area contributed by atoms with E-state index in [-0.39, 0.29) is 11.9 Å². The standard InChI is InChI=1S/C34H40O2P2/c1-6-34(7-2,31-23-15-16-26(3)32(31)36-25-35-5)37-33-27(4)17-14-18-28(33)24-38(29-19-10-8-11-20-29)30-21-12-9-13-22-30/h8-23,37H,6-7,24-25H2,1-5H3. The first-order valence-electron chi connectivity index (χ1n) is 13.5. The number of para-hydroxylation sites is 1. The molecule has 4 heteroatoms. The van der Waals surface area contributed by atoms with Crippen LogP contribution < -0.4 is 20.7 Å². The van der Waals surface area contributed by atoms with Crippen LogP contribution in [0.3, 0.4) is 0 Å². The fourth-order valence-electron chi connectivity index (χ4n) is 5.21. The van der Waals surface area contributed by atoms with E-state index in [1.807, 2.05) is 0 Å². The SMILES string of the molecule is CCC(CC)(Pc1c(C)cccc1CP(c1ccccc1)c1ccccc1)c1cccc(C)c1OCOC. The Bertz CT molecular complexity index is 1260. The number of hydrogen-bond donors (Lipinski definition) is 0. The fraction of sp³-hybridized carbons (Fsp3) is 0.294. The molecule has 0 bridgehead atoms. The second-order valence-electron chi connectivity index (χ2n) is 9.78. The minimum absolute atomic E-state index is 0.00178. The van der Waals surface area contributed by atoms with Gasteiger partial charge in [0.05, 0.1) is 0 Å². The van der Waals surface area contributed by atoms with Crippen LogP contribution >= 0.6 is 16.5 Å². The van der Waals surface area contributed by atoms with Crippen molar-refractivity contribution in [2.75, 3.05) is 13.9 Å². The summed E-state index contributed by atoms with van der Waals surface area (Å²) in [5.41, 5.74) is 5.33. The molecule has 0 aliphatic rings. The Morgan fingerprint density at radius 3 is 1.87 bits per heavy atom. The number of aryl methyl sites for hydroxylation is 2. The van der Waals surface area contributed by atoms with Crippen LogP contribution in [0.5, 0.6) is 5.75 Å². The summed E-state index contributed by atoms with van der Waals surface area (Å²) < 4.78 is 11.5. The highest BCUT2D eigenvalue weighted by atomic mass is 31.1. The van der Waals surface area contributed by atoms with Gasteiger partial charge in [0.1, 0.15) is 5.75 Å². The van der Waals surface area contributed by atoms with Crippen LogP contribution in [0.4, 0.5) is 0 Å². The maximum atomic E-state index is 6.19. The quantitative estimate of drug-likeness (QED) is 0.134. The van der Waals surface area contributed by atoms with Gasteiger partial charge in [-0.2, -0.15) is 0 Å². The summed E-state index contributed by atoms with van der Waals surface area (Å²) in [6.07, 6.45) is 3.14. The van der Waals surface area contributed by atoms with E-state index in [1.165, 1.54) is 32.6 Å². The van der Waals surface area contributed by atoms with Gasteiger partial charge in [0, 0.05) is 24.0 Å². The highest BCUT2D eigenvalue weighted by Gasteiger charge is 2.34. The summed E-state index contributed by atoms with van der Waals surface area (Å²) in [6, 6.07) is 35.6. The van der Waals surface area contributed by atoms with Gasteiger partial charge in [0.25, 0.3) is 0 Å². The fourth-order valence-corrected chi connectivity index (χ4v) is 9.47. The average Bonchev–Trinajstić information content (AvgIpc) is 2.96. The molecule has 0 aromatic heterocycles. The number of hydrogen-bond acceptors (Lipinski definition) is 2. The summed E-state index contributed by atoms with van der Waals surface area (Å²) in [4.78, 5) is 0. The average molecular weight is 543 g/mol. The third kappa shape index (κ3) is 6.38. The van der Waals surface area contributed by atoms with Crippen LogP contribution in [0.15, 0.2) is 97.1 Å². The van der Waals surface area contributed by atoms with E-state index in [0.717, 1.165) is 30.3 Å². The lowest BCUT2D eigenvalue weighted by Crippen LogP contribution is -2.26. The van der Waals surface area contributed by atoms with Crippen LogP contribution in [0.2, 0.25) is 0 Å². The van der Waals surface area contributed by atoms with Crippen molar-refractivity contribution in [2.24, 2.45) is 0 Å². The van der Waals surface area contributed by atoms with Crippen LogP contribution in [0.1, 0.15) is 48.9 Å². The molecule has 0 N–H and O–H groups in total. The van der Waals surface area contributed by atoms with Gasteiger partial charge < -0.3 is 9.47 Å². The maximum absolute atomic E-state index is 6.19. The summed E-state index contributed by atoms with van der Waals surface area (Å²) in [5, 5.41) is 4.36. The van der Waals surface area contributed by atoms with Gasteiger partial charge in [-0.05, 0) is 67.2 Å². The second kappa shape index (κ2) is 13.5. The van der Waals surface area contributed by atoms with Gasteiger partial charge in [0.2, 0.25) is 0 Å². The van der Waals surface area contributed by atoms with Crippen molar-refractivity contribution in [3.8, 4) is 5.75 Å². The maximum Gasteiger partial charge on any atom is 0.188 e. The molecule has 4 rings (SSSR count). The van der Waals surface area contributed by atoms with Crippen molar-refractivity contribution in [3.05, 3.63) is 119 Å². The predicted octanol–water partition coefficient (Wildman–Crippen LogP) is 7.94. The van der Waals surface area contributed by atoms with Crippen molar-refractivity contribution in [3.63, 3.8) is 0 Å². The van der Waals surface area contributed by atoms with Crippen LogP contribution in [-0.2, 0) is 16.1 Å². The normalized spacial score (nSPS) is 11.9. The first kappa shape index (κ1) is 28.5. The van der Waals surface area contributed by atoms with Crippen LogP contribution in [-0.4, -0.2) is 13.9 Å². The lowest BCUT2D eigenvalue weighted by molar-refractivity contribution is 0.0494. The minimum atomic E-state index is -0.516. The summed E-state index contributed by atoms with van der Waals surface area (Å²) in [7, 11) is 1.81. The minimum Gasteiger partial charge on any atom is -0.467 e. The van der Waals surface area contributed by atoms with E-state index in [1.54, 1.807) is 7.11 Å². The molecule has 1 unspecified atom stereocenters. The molecule has 0 saturated heterocycles. The molecule has 0 amide bonds. The number of rotatable bonds is 12. The molecule has 38 heavy (non-hydrogen) atoms. The van der Waals surface area contributed by atoms with Gasteiger partial charge in [-0.3, -0.25) is 0 Å². The number of methoxy groups -OCH3 is 1. The number of benzene rings is 4. The first-order valence-corrected chi connectivity index (χ1v) is 16.0. The van der Waals surface area contributed by atoms with E-state index >= 15 is 0 Å². The third-order valence-electron chi connectivity index (χ3n) is 7.44. The molecule has 4 aromatic rings. The molecule has 0 radical (unpaired) electrons. The Balaban J connectivity index is 1.78. The molecular weight excluding hydrogens is 502 g/mol. The molecule has 198 valence electrons. The lowest BCUT2D eigenvalue weighted by Gasteiger charge is -2.36. The topological polar surface area (TPSA) is 18.5 Å². The first-order chi connectivity index (χ1) is 18.5. The van der Waals surface area contributed by atoms with Crippen LogP contribution in [0.25, 0.3) is 0 Å². The predicted molar refractivity (Wildman–Crippen MR) is 168 cm³/mol. The molecule has 0 spiro atoms. The van der Waals surface area contributed by atoms with Gasteiger partial charge in [-0.15, -0.1) is 0 Å². The molecule has 0 heterocycles. The Hall–Kier alpha value is -2.50. The zero-order chi connectivity index (χ0) is 27.0. The smallest absolute Gasteiger partial charge is 0.188 e. The van der Waals surface area contributed by atoms with Crippen molar-refractivity contribution in [1.82, 2.24) is 0 Å². The monoisotopic (exact) mass is 542 g/mol. The molecule has 0 fully saturated rings. The molecule has 0 aliphatic heterocycles. The molecule has 4 aromatic carbocycles. The number of ether oxygens (including phenoxy) is 2. The highest BCUT2D eigenvalue weighted by molar-refractivity contribution is 7.72. The highest BCUT2D eigenvalue weighted by Crippen LogP contribution is 2.52. The van der Waals surface area contributed by atoms with Gasteiger partial charge in [-0.25, -0.2) is 0 Å². The Labute approximate surface area is 232 Å². The summed E-state index contributed by atoms with van der Waals surface area (Å²) in [6.45, 7) is 9.35. The second-order valence-corrected chi connectivity index (χ2v) is 13.7. The lowest BCUT2D eigenvalue weighted by atomic mass is 9.90. The van der Waals surface area contributed by atoms with Gasteiger partial charge >= 0.3 is 0 Å². The molecule has 2 nitrogen and oxygen atoms in total.